The first-order chi connectivity index (χ1) is 11.5. The molecule has 2 aromatic carbocycles. The Labute approximate surface area is 140 Å². The molecule has 0 aliphatic rings. The minimum Gasteiger partial charge on any atom is -0.497 e. The van der Waals surface area contributed by atoms with Crippen LogP contribution in [0.25, 0.3) is 0 Å². The molecule has 0 bridgehead atoms. The van der Waals surface area contributed by atoms with Crippen LogP contribution in [0.4, 0.5) is 0 Å². The van der Waals surface area contributed by atoms with Gasteiger partial charge in [0.2, 0.25) is 0 Å². The minimum absolute atomic E-state index is 0.879. The molecule has 0 atom stereocenters. The van der Waals surface area contributed by atoms with Gasteiger partial charge in [0.1, 0.15) is 5.75 Å². The number of carboxylic acid groups (broad SMARTS) is 2. The Morgan fingerprint density at radius 3 is 2.17 bits per heavy atom. The highest BCUT2D eigenvalue weighted by Crippen LogP contribution is 2.12. The van der Waals surface area contributed by atoms with Crippen LogP contribution in [0.3, 0.4) is 0 Å². The molecule has 0 aromatic heterocycles. The highest BCUT2D eigenvalue weighted by atomic mass is 16.5. The quantitative estimate of drug-likeness (QED) is 0.555. The molecule has 24 heavy (non-hydrogen) atoms. The Morgan fingerprint density at radius 1 is 0.958 bits per heavy atom. The van der Waals surface area contributed by atoms with Crippen molar-refractivity contribution in [3.63, 3.8) is 0 Å². The van der Waals surface area contributed by atoms with Gasteiger partial charge in [-0.2, -0.15) is 0 Å². The first-order valence-corrected chi connectivity index (χ1v) is 7.36. The number of aliphatic carboxylic acids is 2. The van der Waals surface area contributed by atoms with Crippen molar-refractivity contribution in [1.29, 1.82) is 0 Å². The second-order valence-corrected chi connectivity index (χ2v) is 4.87. The SMILES string of the molecule is COc1cccc(CNCCc2ccccc2)c1.O=C(O)C(=O)O. The van der Waals surface area contributed by atoms with Gasteiger partial charge in [-0.25, -0.2) is 9.59 Å². The van der Waals surface area contributed by atoms with E-state index >= 15 is 0 Å². The van der Waals surface area contributed by atoms with E-state index in [0.29, 0.717) is 0 Å². The van der Waals surface area contributed by atoms with Crippen LogP contribution < -0.4 is 10.1 Å². The normalized spacial score (nSPS) is 9.54. The zero-order valence-corrected chi connectivity index (χ0v) is 13.4. The first-order valence-electron chi connectivity index (χ1n) is 7.36. The summed E-state index contributed by atoms with van der Waals surface area (Å²) in [5.41, 5.74) is 2.62. The molecule has 0 spiro atoms. The predicted molar refractivity (Wildman–Crippen MR) is 90.1 cm³/mol. The van der Waals surface area contributed by atoms with E-state index in [9.17, 15) is 0 Å². The molecule has 0 saturated heterocycles. The highest BCUT2D eigenvalue weighted by Gasteiger charge is 2.04. The molecule has 0 heterocycles. The standard InChI is InChI=1S/C16H19NO.C2H2O4/c1-18-16-9-5-8-15(12-16)13-17-11-10-14-6-3-2-4-7-14;3-1(4)2(5)6/h2-9,12,17H,10-11,13H2,1H3;(H,3,4)(H,5,6). The Balaban J connectivity index is 0.000000413. The maximum Gasteiger partial charge on any atom is 0.414 e. The van der Waals surface area contributed by atoms with Crippen molar-refractivity contribution in [3.05, 3.63) is 65.7 Å². The molecule has 0 amide bonds. The number of carboxylic acids is 2. The molecule has 6 heteroatoms. The van der Waals surface area contributed by atoms with Gasteiger partial charge in [0, 0.05) is 6.54 Å². The second kappa shape index (κ2) is 10.8. The van der Waals surface area contributed by atoms with E-state index in [-0.39, 0.29) is 0 Å². The predicted octanol–water partition coefficient (Wildman–Crippen LogP) is 2.18. The van der Waals surface area contributed by atoms with Crippen molar-refractivity contribution in [1.82, 2.24) is 5.32 Å². The molecule has 0 aliphatic heterocycles. The van der Waals surface area contributed by atoms with Gasteiger partial charge in [-0.1, -0.05) is 42.5 Å². The summed E-state index contributed by atoms with van der Waals surface area (Å²) >= 11 is 0. The van der Waals surface area contributed by atoms with Gasteiger partial charge in [0.25, 0.3) is 0 Å². The molecule has 0 unspecified atom stereocenters. The summed E-state index contributed by atoms with van der Waals surface area (Å²) in [5.74, 6) is -2.73. The fraction of sp³-hybridized carbons (Fsp3) is 0.222. The summed E-state index contributed by atoms with van der Waals surface area (Å²) in [5, 5.41) is 18.2. The van der Waals surface area contributed by atoms with Crippen LogP contribution in [-0.2, 0) is 22.6 Å². The number of carbonyl (C=O) groups is 2. The number of hydrogen-bond acceptors (Lipinski definition) is 4. The van der Waals surface area contributed by atoms with E-state index in [2.05, 4.69) is 41.7 Å². The monoisotopic (exact) mass is 331 g/mol. The minimum atomic E-state index is -1.82. The van der Waals surface area contributed by atoms with Gasteiger partial charge in [0.15, 0.2) is 0 Å². The zero-order chi connectivity index (χ0) is 17.8. The van der Waals surface area contributed by atoms with Crippen LogP contribution in [0.5, 0.6) is 5.75 Å². The lowest BCUT2D eigenvalue weighted by Gasteiger charge is -2.06. The van der Waals surface area contributed by atoms with Crippen LogP contribution in [-0.4, -0.2) is 35.8 Å². The summed E-state index contributed by atoms with van der Waals surface area (Å²) in [6.07, 6.45) is 1.06. The third-order valence-electron chi connectivity index (χ3n) is 3.08. The van der Waals surface area contributed by atoms with Gasteiger partial charge < -0.3 is 20.3 Å². The molecule has 2 aromatic rings. The molecule has 6 nitrogen and oxygen atoms in total. The fourth-order valence-electron chi connectivity index (χ4n) is 1.89. The lowest BCUT2D eigenvalue weighted by Crippen LogP contribution is -2.16. The van der Waals surface area contributed by atoms with E-state index in [1.165, 1.54) is 11.1 Å². The molecule has 128 valence electrons. The van der Waals surface area contributed by atoms with E-state index < -0.39 is 11.9 Å². The molecule has 0 fully saturated rings. The van der Waals surface area contributed by atoms with Gasteiger partial charge >= 0.3 is 11.9 Å². The maximum atomic E-state index is 9.10. The molecule has 0 radical (unpaired) electrons. The van der Waals surface area contributed by atoms with E-state index in [1.807, 2.05) is 18.2 Å². The third kappa shape index (κ3) is 7.95. The molecule has 2 rings (SSSR count). The highest BCUT2D eigenvalue weighted by molar-refractivity contribution is 6.27. The number of benzene rings is 2. The van der Waals surface area contributed by atoms with Crippen LogP contribution >= 0.6 is 0 Å². The fourth-order valence-corrected chi connectivity index (χ4v) is 1.89. The summed E-state index contributed by atoms with van der Waals surface area (Å²) in [4.78, 5) is 18.2. The molecular weight excluding hydrogens is 310 g/mol. The number of methoxy groups -OCH3 is 1. The average molecular weight is 331 g/mol. The number of hydrogen-bond donors (Lipinski definition) is 3. The Hall–Kier alpha value is -2.86. The van der Waals surface area contributed by atoms with Gasteiger partial charge in [0.05, 0.1) is 7.11 Å². The smallest absolute Gasteiger partial charge is 0.414 e. The van der Waals surface area contributed by atoms with Gasteiger partial charge in [-0.15, -0.1) is 0 Å². The van der Waals surface area contributed by atoms with Crippen molar-refractivity contribution >= 4 is 11.9 Å². The zero-order valence-electron chi connectivity index (χ0n) is 13.4. The van der Waals surface area contributed by atoms with Crippen molar-refractivity contribution in [2.75, 3.05) is 13.7 Å². The average Bonchev–Trinajstić information content (AvgIpc) is 2.60. The summed E-state index contributed by atoms with van der Waals surface area (Å²) in [7, 11) is 1.70. The molecule has 0 aliphatic carbocycles. The van der Waals surface area contributed by atoms with Crippen molar-refractivity contribution in [3.8, 4) is 5.75 Å². The summed E-state index contributed by atoms with van der Waals surface area (Å²) in [6.45, 7) is 1.87. The lowest BCUT2D eigenvalue weighted by atomic mass is 10.1. The maximum absolute atomic E-state index is 9.10. The number of ether oxygens (including phenoxy) is 1. The lowest BCUT2D eigenvalue weighted by molar-refractivity contribution is -0.159. The van der Waals surface area contributed by atoms with Crippen LogP contribution in [0, 0.1) is 0 Å². The van der Waals surface area contributed by atoms with Crippen LogP contribution in [0.2, 0.25) is 0 Å². The summed E-state index contributed by atoms with van der Waals surface area (Å²) in [6, 6.07) is 18.7. The van der Waals surface area contributed by atoms with E-state index in [1.54, 1.807) is 7.11 Å². The van der Waals surface area contributed by atoms with Gasteiger partial charge in [-0.3, -0.25) is 0 Å². The topological polar surface area (TPSA) is 95.9 Å². The summed E-state index contributed by atoms with van der Waals surface area (Å²) < 4.78 is 5.20. The van der Waals surface area contributed by atoms with Crippen molar-refractivity contribution in [2.24, 2.45) is 0 Å². The molecule has 0 saturated carbocycles. The third-order valence-corrected chi connectivity index (χ3v) is 3.08. The van der Waals surface area contributed by atoms with Crippen LogP contribution in [0.1, 0.15) is 11.1 Å². The van der Waals surface area contributed by atoms with Crippen LogP contribution in [0.15, 0.2) is 54.6 Å². The molecular formula is C18H21NO5. The second-order valence-electron chi connectivity index (χ2n) is 4.87. The van der Waals surface area contributed by atoms with Crippen molar-refractivity contribution < 1.29 is 24.5 Å². The van der Waals surface area contributed by atoms with E-state index in [4.69, 9.17) is 24.5 Å². The number of nitrogens with one attached hydrogen (secondary N) is 1. The van der Waals surface area contributed by atoms with Crippen molar-refractivity contribution in [2.45, 2.75) is 13.0 Å². The Kier molecular flexibility index (Phi) is 8.63. The first kappa shape index (κ1) is 19.2. The Morgan fingerprint density at radius 2 is 1.58 bits per heavy atom. The van der Waals surface area contributed by atoms with E-state index in [0.717, 1.165) is 25.3 Å². The molecule has 3 N–H and O–H groups in total. The largest absolute Gasteiger partial charge is 0.497 e. The van der Waals surface area contributed by atoms with Gasteiger partial charge in [-0.05, 0) is 36.2 Å². The Bertz CT molecular complexity index is 631. The number of rotatable bonds is 6.